The van der Waals surface area contributed by atoms with Crippen LogP contribution < -0.4 is 0 Å². The van der Waals surface area contributed by atoms with Crippen molar-refractivity contribution in [2.45, 2.75) is 32.8 Å². The van der Waals surface area contributed by atoms with E-state index >= 15 is 0 Å². The molecule has 0 spiro atoms. The summed E-state index contributed by atoms with van der Waals surface area (Å²) in [6, 6.07) is 0. The Labute approximate surface area is 56.8 Å². The Morgan fingerprint density at radius 3 is 2.78 bits per heavy atom. The van der Waals surface area contributed by atoms with Gasteiger partial charge in [0.1, 0.15) is 0 Å². The molecule has 1 aliphatic rings. The molecule has 2 nitrogen and oxygen atoms in total. The summed E-state index contributed by atoms with van der Waals surface area (Å²) in [5.41, 5.74) is 0. The summed E-state index contributed by atoms with van der Waals surface area (Å²) in [5.74, 6) is 0. The lowest BCUT2D eigenvalue weighted by Gasteiger charge is -2.36. The standard InChI is InChI=1S/C7H15NO/c1-3-4-5-8-6-7(2)9-8/h7H,3-6H2,1-2H3. The highest BCUT2D eigenvalue weighted by atomic mass is 16.7. The van der Waals surface area contributed by atoms with Gasteiger partial charge in [0.15, 0.2) is 0 Å². The average Bonchev–Trinajstić information content (AvgIpc) is 1.78. The van der Waals surface area contributed by atoms with Crippen LogP contribution in [0.15, 0.2) is 0 Å². The van der Waals surface area contributed by atoms with E-state index in [9.17, 15) is 0 Å². The second kappa shape index (κ2) is 3.18. The molecule has 1 atom stereocenters. The van der Waals surface area contributed by atoms with Gasteiger partial charge in [0, 0.05) is 6.54 Å². The third-order valence-corrected chi connectivity index (χ3v) is 1.55. The van der Waals surface area contributed by atoms with Gasteiger partial charge in [-0.15, -0.1) is 0 Å². The SMILES string of the molecule is CCCCN1CC(C)O1. The maximum atomic E-state index is 5.27. The molecular weight excluding hydrogens is 114 g/mol. The molecule has 0 aromatic rings. The molecular formula is C7H15NO. The van der Waals surface area contributed by atoms with E-state index in [1.54, 1.807) is 0 Å². The van der Waals surface area contributed by atoms with Crippen LogP contribution in [-0.2, 0) is 4.84 Å². The van der Waals surface area contributed by atoms with Crippen LogP contribution in [0.1, 0.15) is 26.7 Å². The molecule has 0 bridgehead atoms. The lowest BCUT2D eigenvalue weighted by Crippen LogP contribution is -2.46. The predicted octanol–water partition coefficient (Wildman–Crippen LogP) is 1.42. The summed E-state index contributed by atoms with van der Waals surface area (Å²) < 4.78 is 0. The number of hydrogen-bond donors (Lipinski definition) is 0. The minimum atomic E-state index is 0.474. The first-order valence-corrected chi connectivity index (χ1v) is 3.74. The summed E-state index contributed by atoms with van der Waals surface area (Å²) in [4.78, 5) is 5.27. The molecule has 1 saturated heterocycles. The zero-order chi connectivity index (χ0) is 6.69. The van der Waals surface area contributed by atoms with E-state index in [0.29, 0.717) is 6.10 Å². The first kappa shape index (κ1) is 7.03. The predicted molar refractivity (Wildman–Crippen MR) is 37.0 cm³/mol. The van der Waals surface area contributed by atoms with Crippen molar-refractivity contribution in [1.82, 2.24) is 5.06 Å². The van der Waals surface area contributed by atoms with Gasteiger partial charge < -0.3 is 0 Å². The van der Waals surface area contributed by atoms with Crippen molar-refractivity contribution in [2.75, 3.05) is 13.1 Å². The van der Waals surface area contributed by atoms with Gasteiger partial charge in [-0.25, -0.2) is 0 Å². The zero-order valence-electron chi connectivity index (χ0n) is 6.26. The Kier molecular flexibility index (Phi) is 2.49. The molecule has 1 heterocycles. The van der Waals surface area contributed by atoms with Crippen LogP contribution in [0.4, 0.5) is 0 Å². The molecule has 1 unspecified atom stereocenters. The van der Waals surface area contributed by atoms with Gasteiger partial charge in [-0.1, -0.05) is 13.3 Å². The summed E-state index contributed by atoms with van der Waals surface area (Å²) in [6.07, 6.45) is 2.99. The molecule has 9 heavy (non-hydrogen) atoms. The van der Waals surface area contributed by atoms with Crippen molar-refractivity contribution in [1.29, 1.82) is 0 Å². The van der Waals surface area contributed by atoms with Gasteiger partial charge >= 0.3 is 0 Å². The monoisotopic (exact) mass is 129 g/mol. The lowest BCUT2D eigenvalue weighted by molar-refractivity contribution is -0.289. The molecule has 0 saturated carbocycles. The van der Waals surface area contributed by atoms with Crippen LogP contribution in [0.2, 0.25) is 0 Å². The van der Waals surface area contributed by atoms with E-state index < -0.39 is 0 Å². The van der Waals surface area contributed by atoms with E-state index in [0.717, 1.165) is 13.1 Å². The Hall–Kier alpha value is -0.0800. The molecule has 0 radical (unpaired) electrons. The maximum Gasteiger partial charge on any atom is 0.0915 e. The van der Waals surface area contributed by atoms with Gasteiger partial charge in [-0.2, -0.15) is 5.06 Å². The van der Waals surface area contributed by atoms with Crippen LogP contribution in [0.5, 0.6) is 0 Å². The van der Waals surface area contributed by atoms with Crippen LogP contribution >= 0.6 is 0 Å². The van der Waals surface area contributed by atoms with Gasteiger partial charge in [-0.3, -0.25) is 4.84 Å². The largest absolute Gasteiger partial charge is 0.294 e. The fraction of sp³-hybridized carbons (Fsp3) is 1.00. The minimum Gasteiger partial charge on any atom is -0.294 e. The van der Waals surface area contributed by atoms with Crippen molar-refractivity contribution in [3.63, 3.8) is 0 Å². The third-order valence-electron chi connectivity index (χ3n) is 1.55. The molecule has 54 valence electrons. The molecule has 1 aliphatic heterocycles. The number of hydroxylamine groups is 2. The first-order chi connectivity index (χ1) is 4.33. The number of rotatable bonds is 3. The van der Waals surface area contributed by atoms with Crippen molar-refractivity contribution in [2.24, 2.45) is 0 Å². The van der Waals surface area contributed by atoms with E-state index in [-0.39, 0.29) is 0 Å². The number of hydrogen-bond acceptors (Lipinski definition) is 2. The smallest absolute Gasteiger partial charge is 0.0915 e. The van der Waals surface area contributed by atoms with E-state index in [4.69, 9.17) is 4.84 Å². The van der Waals surface area contributed by atoms with E-state index in [2.05, 4.69) is 13.8 Å². The van der Waals surface area contributed by atoms with Crippen molar-refractivity contribution < 1.29 is 4.84 Å². The van der Waals surface area contributed by atoms with Gasteiger partial charge in [0.25, 0.3) is 0 Å². The molecule has 0 aromatic carbocycles. The van der Waals surface area contributed by atoms with Crippen molar-refractivity contribution in [3.05, 3.63) is 0 Å². The third kappa shape index (κ3) is 1.95. The summed E-state index contributed by atoms with van der Waals surface area (Å²) in [7, 11) is 0. The Morgan fingerprint density at radius 1 is 1.67 bits per heavy atom. The molecule has 0 N–H and O–H groups in total. The molecule has 0 aliphatic carbocycles. The average molecular weight is 129 g/mol. The Bertz CT molecular complexity index is 79.0. The van der Waals surface area contributed by atoms with Crippen LogP contribution in [0.25, 0.3) is 0 Å². The van der Waals surface area contributed by atoms with Gasteiger partial charge in [-0.05, 0) is 13.3 Å². The summed E-state index contributed by atoms with van der Waals surface area (Å²) >= 11 is 0. The molecule has 1 fully saturated rings. The van der Waals surface area contributed by atoms with Gasteiger partial charge in [0.2, 0.25) is 0 Å². The zero-order valence-corrected chi connectivity index (χ0v) is 6.26. The fourth-order valence-electron chi connectivity index (χ4n) is 1.01. The van der Waals surface area contributed by atoms with Crippen molar-refractivity contribution >= 4 is 0 Å². The van der Waals surface area contributed by atoms with E-state index in [1.165, 1.54) is 12.8 Å². The van der Waals surface area contributed by atoms with Crippen LogP contribution in [0, 0.1) is 0 Å². The van der Waals surface area contributed by atoms with Crippen molar-refractivity contribution in [3.8, 4) is 0 Å². The maximum absolute atomic E-state index is 5.27. The summed E-state index contributed by atoms with van der Waals surface area (Å²) in [6.45, 7) is 6.53. The van der Waals surface area contributed by atoms with Crippen LogP contribution in [0.3, 0.4) is 0 Å². The second-order valence-corrected chi connectivity index (χ2v) is 2.66. The van der Waals surface area contributed by atoms with Crippen LogP contribution in [-0.4, -0.2) is 24.3 Å². The molecule has 2 heteroatoms. The molecule has 1 rings (SSSR count). The quantitative estimate of drug-likeness (QED) is 0.571. The normalized spacial score (nSPS) is 28.0. The van der Waals surface area contributed by atoms with Gasteiger partial charge in [0.05, 0.1) is 12.6 Å². The highest BCUT2D eigenvalue weighted by Gasteiger charge is 2.22. The first-order valence-electron chi connectivity index (χ1n) is 3.74. The lowest BCUT2D eigenvalue weighted by atomic mass is 10.3. The Morgan fingerprint density at radius 2 is 2.33 bits per heavy atom. The highest BCUT2D eigenvalue weighted by Crippen LogP contribution is 2.11. The molecule has 0 aromatic heterocycles. The number of nitrogens with zero attached hydrogens (tertiary/aromatic N) is 1. The summed E-state index contributed by atoms with van der Waals surface area (Å²) in [5, 5.41) is 2.04. The highest BCUT2D eigenvalue weighted by molar-refractivity contribution is 4.62. The topological polar surface area (TPSA) is 12.5 Å². The minimum absolute atomic E-state index is 0.474. The molecule has 0 amide bonds. The number of unbranched alkanes of at least 4 members (excludes halogenated alkanes) is 1. The Balaban J connectivity index is 1.91. The second-order valence-electron chi connectivity index (χ2n) is 2.66. The fourth-order valence-corrected chi connectivity index (χ4v) is 1.01. The van der Waals surface area contributed by atoms with E-state index in [1.807, 2.05) is 5.06 Å².